The van der Waals surface area contributed by atoms with Crippen molar-refractivity contribution in [2.45, 2.75) is 71.3 Å². The third-order valence-corrected chi connectivity index (χ3v) is 7.74. The molecule has 0 heterocycles. The molecule has 0 amide bonds. The number of aromatic hydroxyl groups is 1. The van der Waals surface area contributed by atoms with Crippen LogP contribution in [0, 0.1) is 0 Å². The van der Waals surface area contributed by atoms with Crippen LogP contribution in [0.4, 0.5) is 0 Å². The molecule has 2 aliphatic rings. The maximum Gasteiger partial charge on any atom is 0.331 e. The van der Waals surface area contributed by atoms with Gasteiger partial charge < -0.3 is 24.1 Å². The van der Waals surface area contributed by atoms with Gasteiger partial charge in [-0.2, -0.15) is 0 Å². The SMILES string of the molecule is CCOC(=O)/C=C1\CCCc2cc(OCc3ccc(OC)cc3)ccc21.CCOC(=O)CC1CCCc2cc(O)ccc21. The van der Waals surface area contributed by atoms with Crippen molar-refractivity contribution in [3.8, 4) is 17.2 Å². The number of hydrogen-bond donors (Lipinski definition) is 1. The van der Waals surface area contributed by atoms with Crippen molar-refractivity contribution in [2.24, 2.45) is 0 Å². The van der Waals surface area contributed by atoms with Crippen molar-refractivity contribution < 1.29 is 33.6 Å². The molecule has 7 heteroatoms. The van der Waals surface area contributed by atoms with Crippen LogP contribution in [0.1, 0.15) is 79.7 Å². The van der Waals surface area contributed by atoms with E-state index in [-0.39, 0.29) is 17.9 Å². The summed E-state index contributed by atoms with van der Waals surface area (Å²) >= 11 is 0. The van der Waals surface area contributed by atoms with Gasteiger partial charge in [-0.05, 0) is 128 Å². The van der Waals surface area contributed by atoms with Crippen LogP contribution in [0.15, 0.2) is 66.7 Å². The number of allylic oxidation sites excluding steroid dienone is 1. The number of benzene rings is 3. The summed E-state index contributed by atoms with van der Waals surface area (Å²) in [6.07, 6.45) is 8.08. The Labute approximate surface area is 254 Å². The van der Waals surface area contributed by atoms with E-state index < -0.39 is 0 Å². The topological polar surface area (TPSA) is 91.3 Å². The van der Waals surface area contributed by atoms with E-state index in [0.29, 0.717) is 32.0 Å². The molecule has 0 aromatic heterocycles. The van der Waals surface area contributed by atoms with Gasteiger partial charge in [0.1, 0.15) is 23.9 Å². The molecule has 0 fully saturated rings. The molecule has 0 bridgehead atoms. The maximum atomic E-state index is 11.8. The van der Waals surface area contributed by atoms with Crippen LogP contribution in [0.2, 0.25) is 0 Å². The molecule has 1 unspecified atom stereocenters. The number of aryl methyl sites for hydroxylation is 2. The molecule has 0 spiro atoms. The van der Waals surface area contributed by atoms with E-state index in [1.807, 2.05) is 62.4 Å². The average molecular weight is 587 g/mol. The Kier molecular flexibility index (Phi) is 11.7. The first-order valence-corrected chi connectivity index (χ1v) is 15.1. The predicted octanol–water partition coefficient (Wildman–Crippen LogP) is 7.32. The highest BCUT2D eigenvalue weighted by Gasteiger charge is 2.23. The Morgan fingerprint density at radius 1 is 0.860 bits per heavy atom. The second-order valence-electron chi connectivity index (χ2n) is 10.7. The summed E-state index contributed by atoms with van der Waals surface area (Å²) < 4.78 is 21.1. The van der Waals surface area contributed by atoms with Crippen LogP contribution in [0.3, 0.4) is 0 Å². The molecular formula is C36H42O7. The molecule has 1 atom stereocenters. The Hall–Kier alpha value is -4.26. The van der Waals surface area contributed by atoms with Gasteiger partial charge in [-0.1, -0.05) is 24.3 Å². The highest BCUT2D eigenvalue weighted by molar-refractivity contribution is 5.92. The lowest BCUT2D eigenvalue weighted by Crippen LogP contribution is -2.15. The highest BCUT2D eigenvalue weighted by Crippen LogP contribution is 2.36. The van der Waals surface area contributed by atoms with Crippen LogP contribution in [-0.2, 0) is 38.5 Å². The number of esters is 2. The van der Waals surface area contributed by atoms with Crippen molar-refractivity contribution in [3.05, 3.63) is 94.6 Å². The van der Waals surface area contributed by atoms with Gasteiger partial charge in [-0.15, -0.1) is 0 Å². The van der Waals surface area contributed by atoms with Gasteiger partial charge >= 0.3 is 11.9 Å². The average Bonchev–Trinajstić information content (AvgIpc) is 3.01. The van der Waals surface area contributed by atoms with Gasteiger partial charge in [0, 0.05) is 6.08 Å². The molecule has 7 nitrogen and oxygen atoms in total. The molecule has 3 aromatic carbocycles. The van der Waals surface area contributed by atoms with Crippen molar-refractivity contribution in [2.75, 3.05) is 20.3 Å². The largest absolute Gasteiger partial charge is 0.508 e. The van der Waals surface area contributed by atoms with Gasteiger partial charge in [-0.3, -0.25) is 4.79 Å². The van der Waals surface area contributed by atoms with Crippen molar-refractivity contribution in [1.82, 2.24) is 0 Å². The number of hydrogen-bond acceptors (Lipinski definition) is 7. The molecule has 0 saturated heterocycles. The van der Waals surface area contributed by atoms with E-state index in [0.717, 1.165) is 66.7 Å². The lowest BCUT2D eigenvalue weighted by molar-refractivity contribution is -0.143. The Balaban J connectivity index is 0.000000215. The minimum atomic E-state index is -0.268. The van der Waals surface area contributed by atoms with E-state index in [2.05, 4.69) is 6.07 Å². The van der Waals surface area contributed by atoms with Crippen LogP contribution in [0.25, 0.3) is 5.57 Å². The number of phenolic OH excluding ortho intramolecular Hbond substituents is 1. The number of methoxy groups -OCH3 is 1. The molecular weight excluding hydrogens is 544 g/mol. The molecule has 1 N–H and O–H groups in total. The number of carbonyl (C=O) groups excluding carboxylic acids is 2. The first-order valence-electron chi connectivity index (χ1n) is 15.1. The first-order chi connectivity index (χ1) is 20.9. The van der Waals surface area contributed by atoms with Crippen LogP contribution in [0.5, 0.6) is 17.2 Å². The fraction of sp³-hybridized carbons (Fsp3) is 0.389. The summed E-state index contributed by atoms with van der Waals surface area (Å²) in [6.45, 7) is 4.98. The summed E-state index contributed by atoms with van der Waals surface area (Å²) in [6, 6.07) is 19.4. The lowest BCUT2D eigenvalue weighted by atomic mass is 9.81. The van der Waals surface area contributed by atoms with Crippen molar-refractivity contribution in [3.63, 3.8) is 0 Å². The van der Waals surface area contributed by atoms with Gasteiger partial charge in [0.2, 0.25) is 0 Å². The molecule has 0 radical (unpaired) electrons. The van der Waals surface area contributed by atoms with Gasteiger partial charge in [-0.25, -0.2) is 4.79 Å². The minimum absolute atomic E-state index is 0.126. The summed E-state index contributed by atoms with van der Waals surface area (Å²) in [5, 5.41) is 9.45. The molecule has 2 aliphatic carbocycles. The predicted molar refractivity (Wildman–Crippen MR) is 166 cm³/mol. The third-order valence-electron chi connectivity index (χ3n) is 7.74. The summed E-state index contributed by atoms with van der Waals surface area (Å²) in [5.74, 6) is 1.84. The molecule has 228 valence electrons. The molecule has 3 aromatic rings. The Bertz CT molecular complexity index is 1410. The molecule has 0 saturated carbocycles. The van der Waals surface area contributed by atoms with Crippen molar-refractivity contribution in [1.29, 1.82) is 0 Å². The molecule has 0 aliphatic heterocycles. The van der Waals surface area contributed by atoms with Crippen LogP contribution >= 0.6 is 0 Å². The second kappa shape index (κ2) is 15.8. The van der Waals surface area contributed by atoms with E-state index >= 15 is 0 Å². The van der Waals surface area contributed by atoms with Gasteiger partial charge in [0.25, 0.3) is 0 Å². The first kappa shape index (κ1) is 31.7. The van der Waals surface area contributed by atoms with E-state index in [1.54, 1.807) is 19.3 Å². The zero-order valence-corrected chi connectivity index (χ0v) is 25.4. The number of carbonyl (C=O) groups is 2. The van der Waals surface area contributed by atoms with E-state index in [9.17, 15) is 14.7 Å². The van der Waals surface area contributed by atoms with Gasteiger partial charge in [0.05, 0.1) is 26.7 Å². The fourth-order valence-electron chi connectivity index (χ4n) is 5.68. The second-order valence-corrected chi connectivity index (χ2v) is 10.7. The zero-order chi connectivity index (χ0) is 30.6. The molecule has 5 rings (SSSR count). The Morgan fingerprint density at radius 2 is 1.60 bits per heavy atom. The number of fused-ring (bicyclic) bond motifs is 2. The summed E-state index contributed by atoms with van der Waals surface area (Å²) in [4.78, 5) is 23.3. The molecule has 43 heavy (non-hydrogen) atoms. The highest BCUT2D eigenvalue weighted by atomic mass is 16.5. The van der Waals surface area contributed by atoms with E-state index in [1.165, 1.54) is 16.7 Å². The lowest BCUT2D eigenvalue weighted by Gasteiger charge is -2.24. The van der Waals surface area contributed by atoms with Crippen molar-refractivity contribution >= 4 is 17.5 Å². The minimum Gasteiger partial charge on any atom is -0.508 e. The number of phenols is 1. The standard InChI is InChI=1S/C22H24O4.C14H18O3/c1-3-25-22(23)14-18-6-4-5-17-13-20(11-12-21(17)18)26-15-16-7-9-19(24-2)10-8-16;1-2-17-14(16)9-11-5-3-4-10-8-12(15)6-7-13(10)11/h7-14H,3-6,15H2,1-2H3;6-8,11,15H,2-5,9H2,1H3/b18-14+;. The normalized spacial score (nSPS) is 16.2. The van der Waals surface area contributed by atoms with E-state index in [4.69, 9.17) is 18.9 Å². The zero-order valence-electron chi connectivity index (χ0n) is 25.4. The monoisotopic (exact) mass is 586 g/mol. The summed E-state index contributed by atoms with van der Waals surface area (Å²) in [7, 11) is 1.66. The number of rotatable bonds is 9. The van der Waals surface area contributed by atoms with Gasteiger partial charge in [0.15, 0.2) is 0 Å². The Morgan fingerprint density at radius 3 is 2.35 bits per heavy atom. The maximum absolute atomic E-state index is 11.8. The van der Waals surface area contributed by atoms with Crippen LogP contribution < -0.4 is 9.47 Å². The smallest absolute Gasteiger partial charge is 0.331 e. The third kappa shape index (κ3) is 9.11. The summed E-state index contributed by atoms with van der Waals surface area (Å²) in [5.41, 5.74) is 6.85. The fourth-order valence-corrected chi connectivity index (χ4v) is 5.68. The van der Waals surface area contributed by atoms with Crippen LogP contribution in [-0.4, -0.2) is 37.4 Å². The quantitative estimate of drug-likeness (QED) is 0.207. The number of ether oxygens (including phenoxy) is 4.